The van der Waals surface area contributed by atoms with Gasteiger partial charge in [0.1, 0.15) is 5.75 Å². The number of rotatable bonds is 4. The van der Waals surface area contributed by atoms with Crippen molar-refractivity contribution in [2.24, 2.45) is 11.3 Å². The Kier molecular flexibility index (Phi) is 4.87. The molecule has 0 unspecified atom stereocenters. The maximum absolute atomic E-state index is 9.45. The van der Waals surface area contributed by atoms with Crippen LogP contribution in [0.3, 0.4) is 0 Å². The van der Waals surface area contributed by atoms with E-state index < -0.39 is 0 Å². The molecule has 2 nitrogen and oxygen atoms in total. The third-order valence-electron chi connectivity index (χ3n) is 4.13. The SMILES string of the molecule is CC1CCC(C#N)(CCOc2ccc(Br)cc2)CC1. The van der Waals surface area contributed by atoms with Crippen LogP contribution in [-0.4, -0.2) is 6.61 Å². The number of halogens is 1. The highest BCUT2D eigenvalue weighted by molar-refractivity contribution is 9.10. The molecule has 0 amide bonds. The highest BCUT2D eigenvalue weighted by Crippen LogP contribution is 2.40. The zero-order chi connectivity index (χ0) is 13.7. The second-order valence-electron chi connectivity index (χ2n) is 5.63. The molecule has 1 aromatic rings. The Labute approximate surface area is 123 Å². The summed E-state index contributed by atoms with van der Waals surface area (Å²) in [5.41, 5.74) is -0.151. The Morgan fingerprint density at radius 3 is 2.53 bits per heavy atom. The summed E-state index contributed by atoms with van der Waals surface area (Å²) >= 11 is 3.40. The fourth-order valence-corrected chi connectivity index (χ4v) is 2.89. The van der Waals surface area contributed by atoms with Crippen LogP contribution in [0, 0.1) is 22.7 Å². The van der Waals surface area contributed by atoms with Crippen molar-refractivity contribution >= 4 is 15.9 Å². The minimum Gasteiger partial charge on any atom is -0.494 e. The molecule has 0 heterocycles. The van der Waals surface area contributed by atoms with E-state index in [0.717, 1.165) is 35.4 Å². The molecule has 0 saturated heterocycles. The highest BCUT2D eigenvalue weighted by atomic mass is 79.9. The van der Waals surface area contributed by atoms with Gasteiger partial charge in [0.25, 0.3) is 0 Å². The smallest absolute Gasteiger partial charge is 0.119 e. The molecule has 1 aliphatic rings. The third kappa shape index (κ3) is 3.98. The zero-order valence-electron chi connectivity index (χ0n) is 11.4. The first-order valence-corrected chi connectivity index (χ1v) is 7.72. The van der Waals surface area contributed by atoms with E-state index in [1.807, 2.05) is 24.3 Å². The number of benzene rings is 1. The van der Waals surface area contributed by atoms with Crippen LogP contribution in [0.2, 0.25) is 0 Å². The van der Waals surface area contributed by atoms with Crippen molar-refractivity contribution in [3.63, 3.8) is 0 Å². The second-order valence-corrected chi connectivity index (χ2v) is 6.54. The van der Waals surface area contributed by atoms with E-state index >= 15 is 0 Å². The lowest BCUT2D eigenvalue weighted by atomic mass is 9.70. The molecule has 2 rings (SSSR count). The highest BCUT2D eigenvalue weighted by Gasteiger charge is 2.34. The van der Waals surface area contributed by atoms with Gasteiger partial charge in [-0.15, -0.1) is 0 Å². The number of hydrogen-bond donors (Lipinski definition) is 0. The molecule has 0 aromatic heterocycles. The molecular weight excluding hydrogens is 302 g/mol. The van der Waals surface area contributed by atoms with Gasteiger partial charge in [0.05, 0.1) is 18.1 Å². The van der Waals surface area contributed by atoms with Crippen LogP contribution in [-0.2, 0) is 0 Å². The molecule has 1 aromatic carbocycles. The molecule has 0 N–H and O–H groups in total. The first-order chi connectivity index (χ1) is 9.13. The Bertz CT molecular complexity index is 441. The Morgan fingerprint density at radius 1 is 1.32 bits per heavy atom. The minimum atomic E-state index is -0.151. The van der Waals surface area contributed by atoms with Gasteiger partial charge in [-0.2, -0.15) is 5.26 Å². The summed E-state index contributed by atoms with van der Waals surface area (Å²) in [6.45, 7) is 2.91. The molecule has 0 bridgehead atoms. The molecule has 1 aliphatic carbocycles. The number of nitrogens with zero attached hydrogens (tertiary/aromatic N) is 1. The Hall–Kier alpha value is -1.01. The van der Waals surface area contributed by atoms with Gasteiger partial charge in [0.2, 0.25) is 0 Å². The summed E-state index contributed by atoms with van der Waals surface area (Å²) in [4.78, 5) is 0. The fourth-order valence-electron chi connectivity index (χ4n) is 2.63. The van der Waals surface area contributed by atoms with Crippen molar-refractivity contribution in [3.8, 4) is 11.8 Å². The van der Waals surface area contributed by atoms with Crippen LogP contribution in [0.1, 0.15) is 39.0 Å². The van der Waals surface area contributed by atoms with Crippen molar-refractivity contribution in [3.05, 3.63) is 28.7 Å². The number of hydrogen-bond acceptors (Lipinski definition) is 2. The van der Waals surface area contributed by atoms with Gasteiger partial charge in [-0.1, -0.05) is 22.9 Å². The molecule has 0 atom stereocenters. The first kappa shape index (κ1) is 14.4. The standard InChI is InChI=1S/C16H20BrNO/c1-13-6-8-16(12-18,9-7-13)10-11-19-15-4-2-14(17)3-5-15/h2-5,13H,6-11H2,1H3. The molecule has 0 spiro atoms. The lowest BCUT2D eigenvalue weighted by molar-refractivity contribution is 0.169. The predicted octanol–water partition coefficient (Wildman–Crippen LogP) is 4.94. The lowest BCUT2D eigenvalue weighted by Gasteiger charge is -2.33. The van der Waals surface area contributed by atoms with E-state index in [-0.39, 0.29) is 5.41 Å². The van der Waals surface area contributed by atoms with E-state index in [2.05, 4.69) is 28.9 Å². The average Bonchev–Trinajstić information content (AvgIpc) is 2.44. The quantitative estimate of drug-likeness (QED) is 0.787. The van der Waals surface area contributed by atoms with Gasteiger partial charge < -0.3 is 4.74 Å². The Morgan fingerprint density at radius 2 is 1.95 bits per heavy atom. The third-order valence-corrected chi connectivity index (χ3v) is 4.66. The average molecular weight is 322 g/mol. The number of nitriles is 1. The van der Waals surface area contributed by atoms with Crippen LogP contribution in [0.4, 0.5) is 0 Å². The summed E-state index contributed by atoms with van der Waals surface area (Å²) in [6, 6.07) is 10.4. The van der Waals surface area contributed by atoms with Crippen LogP contribution in [0.15, 0.2) is 28.7 Å². The van der Waals surface area contributed by atoms with E-state index in [1.54, 1.807) is 0 Å². The normalized spacial score (nSPS) is 26.7. The van der Waals surface area contributed by atoms with E-state index in [9.17, 15) is 5.26 Å². The molecular formula is C16H20BrNO. The minimum absolute atomic E-state index is 0.151. The zero-order valence-corrected chi connectivity index (χ0v) is 12.9. The van der Waals surface area contributed by atoms with Crippen molar-refractivity contribution in [1.29, 1.82) is 5.26 Å². The maximum atomic E-state index is 9.45. The van der Waals surface area contributed by atoms with Crippen molar-refractivity contribution in [2.45, 2.75) is 39.0 Å². The van der Waals surface area contributed by atoms with Crippen LogP contribution in [0.25, 0.3) is 0 Å². The second kappa shape index (κ2) is 6.43. The predicted molar refractivity (Wildman–Crippen MR) is 79.9 cm³/mol. The topological polar surface area (TPSA) is 33.0 Å². The summed E-state index contributed by atoms with van der Waals surface area (Å²) < 4.78 is 6.80. The van der Waals surface area contributed by atoms with Gasteiger partial charge in [-0.05, 0) is 55.9 Å². The summed E-state index contributed by atoms with van der Waals surface area (Å²) in [5.74, 6) is 1.65. The molecule has 19 heavy (non-hydrogen) atoms. The van der Waals surface area contributed by atoms with Gasteiger partial charge in [-0.25, -0.2) is 0 Å². The fraction of sp³-hybridized carbons (Fsp3) is 0.562. The van der Waals surface area contributed by atoms with Gasteiger partial charge in [0, 0.05) is 10.9 Å². The van der Waals surface area contributed by atoms with E-state index in [0.29, 0.717) is 6.61 Å². The molecule has 102 valence electrons. The molecule has 0 radical (unpaired) electrons. The molecule has 3 heteroatoms. The van der Waals surface area contributed by atoms with E-state index in [1.165, 1.54) is 12.8 Å². The van der Waals surface area contributed by atoms with Gasteiger partial charge >= 0.3 is 0 Å². The molecule has 1 fully saturated rings. The van der Waals surface area contributed by atoms with Gasteiger partial charge in [0.15, 0.2) is 0 Å². The van der Waals surface area contributed by atoms with E-state index in [4.69, 9.17) is 4.74 Å². The monoisotopic (exact) mass is 321 g/mol. The molecule has 0 aliphatic heterocycles. The van der Waals surface area contributed by atoms with Crippen molar-refractivity contribution in [2.75, 3.05) is 6.61 Å². The summed E-state index contributed by atoms with van der Waals surface area (Å²) in [6.07, 6.45) is 5.23. The van der Waals surface area contributed by atoms with Crippen molar-refractivity contribution < 1.29 is 4.74 Å². The number of ether oxygens (including phenoxy) is 1. The summed E-state index contributed by atoms with van der Waals surface area (Å²) in [7, 11) is 0. The molecule has 1 saturated carbocycles. The van der Waals surface area contributed by atoms with Crippen molar-refractivity contribution in [1.82, 2.24) is 0 Å². The lowest BCUT2D eigenvalue weighted by Crippen LogP contribution is -2.27. The first-order valence-electron chi connectivity index (χ1n) is 6.93. The Balaban J connectivity index is 1.84. The van der Waals surface area contributed by atoms with Gasteiger partial charge in [-0.3, -0.25) is 0 Å². The van der Waals surface area contributed by atoms with Crippen LogP contribution in [0.5, 0.6) is 5.75 Å². The maximum Gasteiger partial charge on any atom is 0.119 e. The van der Waals surface area contributed by atoms with Crippen LogP contribution < -0.4 is 4.74 Å². The van der Waals surface area contributed by atoms with Crippen LogP contribution >= 0.6 is 15.9 Å². The largest absolute Gasteiger partial charge is 0.494 e. The summed E-state index contributed by atoms with van der Waals surface area (Å²) in [5, 5.41) is 9.45.